The highest BCUT2D eigenvalue weighted by Gasteiger charge is 2.14. The minimum absolute atomic E-state index is 0.125. The first-order valence-corrected chi connectivity index (χ1v) is 6.61. The molecule has 0 aromatic heterocycles. The number of carbonyl (C=O) groups excluding carboxylic acids is 1. The lowest BCUT2D eigenvalue weighted by atomic mass is 10.2. The topological polar surface area (TPSA) is 93.5 Å². The van der Waals surface area contributed by atoms with Gasteiger partial charge in [0, 0.05) is 23.5 Å². The third kappa shape index (κ3) is 4.40. The number of nitro groups is 1. The fraction of sp³-hybridized carbons (Fsp3) is 0.133. The molecule has 2 rings (SSSR count). The molecule has 8 heteroatoms. The second kappa shape index (κ2) is 7.21. The second-order valence-corrected chi connectivity index (χ2v) is 4.56. The van der Waals surface area contributed by atoms with Crippen LogP contribution in [0.5, 0.6) is 5.75 Å². The van der Waals surface area contributed by atoms with Crippen LogP contribution in [0.1, 0.15) is 0 Å². The van der Waals surface area contributed by atoms with Crippen molar-refractivity contribution >= 4 is 23.0 Å². The zero-order chi connectivity index (χ0) is 16.8. The lowest BCUT2D eigenvalue weighted by Gasteiger charge is -2.09. The molecular weight excluding hydrogens is 305 g/mol. The van der Waals surface area contributed by atoms with Gasteiger partial charge < -0.3 is 15.4 Å². The summed E-state index contributed by atoms with van der Waals surface area (Å²) in [5, 5.41) is 16.0. The van der Waals surface area contributed by atoms with Crippen LogP contribution in [-0.4, -0.2) is 24.5 Å². The zero-order valence-electron chi connectivity index (χ0n) is 12.2. The van der Waals surface area contributed by atoms with Crippen LogP contribution in [0, 0.1) is 15.9 Å². The molecule has 0 aliphatic carbocycles. The van der Waals surface area contributed by atoms with Gasteiger partial charge in [0.05, 0.1) is 18.6 Å². The highest BCUT2D eigenvalue weighted by atomic mass is 19.1. The van der Waals surface area contributed by atoms with Crippen molar-refractivity contribution in [2.24, 2.45) is 0 Å². The molecule has 2 aromatic rings. The van der Waals surface area contributed by atoms with Gasteiger partial charge in [-0.2, -0.15) is 4.39 Å². The minimum Gasteiger partial charge on any atom is -0.497 e. The van der Waals surface area contributed by atoms with Gasteiger partial charge in [-0.1, -0.05) is 6.07 Å². The standard InChI is InChI=1S/C15H14FN3O4/c1-23-12-4-2-3-11(7-12)18-15(20)9-17-10-5-6-13(16)14(8-10)19(21)22/h2-8,17H,9H2,1H3,(H,18,20). The molecule has 0 aliphatic rings. The average Bonchev–Trinajstić information content (AvgIpc) is 2.54. The normalized spacial score (nSPS) is 10.0. The van der Waals surface area contributed by atoms with Crippen LogP contribution in [0.3, 0.4) is 0 Å². The zero-order valence-corrected chi connectivity index (χ0v) is 12.2. The molecule has 0 unspecified atom stereocenters. The van der Waals surface area contributed by atoms with Crippen LogP contribution in [-0.2, 0) is 4.79 Å². The molecule has 0 aliphatic heterocycles. The van der Waals surface area contributed by atoms with E-state index >= 15 is 0 Å². The molecule has 0 spiro atoms. The molecule has 2 N–H and O–H groups in total. The van der Waals surface area contributed by atoms with Crippen molar-refractivity contribution in [1.82, 2.24) is 0 Å². The van der Waals surface area contributed by atoms with Gasteiger partial charge in [0.25, 0.3) is 0 Å². The van der Waals surface area contributed by atoms with Crippen molar-refractivity contribution in [3.63, 3.8) is 0 Å². The molecular formula is C15H14FN3O4. The molecule has 0 radical (unpaired) electrons. The predicted octanol–water partition coefficient (Wildman–Crippen LogP) is 2.79. The predicted molar refractivity (Wildman–Crippen MR) is 83.2 cm³/mol. The monoisotopic (exact) mass is 319 g/mol. The number of rotatable bonds is 6. The fourth-order valence-corrected chi connectivity index (χ4v) is 1.85. The summed E-state index contributed by atoms with van der Waals surface area (Å²) < 4.78 is 18.3. The number of hydrogen-bond acceptors (Lipinski definition) is 5. The number of benzene rings is 2. The maximum absolute atomic E-state index is 13.2. The maximum Gasteiger partial charge on any atom is 0.306 e. The summed E-state index contributed by atoms with van der Waals surface area (Å²) in [7, 11) is 1.52. The lowest BCUT2D eigenvalue weighted by molar-refractivity contribution is -0.387. The van der Waals surface area contributed by atoms with Crippen LogP contribution >= 0.6 is 0 Å². The Labute approximate surface area is 131 Å². The largest absolute Gasteiger partial charge is 0.497 e. The van der Waals surface area contributed by atoms with Crippen molar-refractivity contribution in [2.75, 3.05) is 24.3 Å². The van der Waals surface area contributed by atoms with Gasteiger partial charge >= 0.3 is 5.69 Å². The number of hydrogen-bond donors (Lipinski definition) is 2. The Morgan fingerprint density at radius 3 is 2.74 bits per heavy atom. The van der Waals surface area contributed by atoms with Crippen molar-refractivity contribution in [2.45, 2.75) is 0 Å². The van der Waals surface area contributed by atoms with E-state index in [9.17, 15) is 19.3 Å². The summed E-state index contributed by atoms with van der Waals surface area (Å²) in [4.78, 5) is 21.7. The molecule has 0 saturated heterocycles. The van der Waals surface area contributed by atoms with E-state index in [4.69, 9.17) is 4.74 Å². The van der Waals surface area contributed by atoms with Gasteiger partial charge in [0.1, 0.15) is 5.75 Å². The van der Waals surface area contributed by atoms with Gasteiger partial charge in [-0.25, -0.2) is 0 Å². The maximum atomic E-state index is 13.2. The molecule has 0 bridgehead atoms. The molecule has 7 nitrogen and oxygen atoms in total. The average molecular weight is 319 g/mol. The molecule has 0 fully saturated rings. The van der Waals surface area contributed by atoms with Crippen LogP contribution in [0.15, 0.2) is 42.5 Å². The third-order valence-electron chi connectivity index (χ3n) is 2.95. The van der Waals surface area contributed by atoms with Crippen molar-refractivity contribution in [3.8, 4) is 5.75 Å². The van der Waals surface area contributed by atoms with Crippen molar-refractivity contribution < 1.29 is 18.8 Å². The number of ether oxygens (including phenoxy) is 1. The molecule has 23 heavy (non-hydrogen) atoms. The Bertz CT molecular complexity index is 736. The number of halogens is 1. The number of amides is 1. The van der Waals surface area contributed by atoms with Crippen LogP contribution in [0.25, 0.3) is 0 Å². The summed E-state index contributed by atoms with van der Waals surface area (Å²) in [6, 6.07) is 10.1. The molecule has 0 atom stereocenters. The summed E-state index contributed by atoms with van der Waals surface area (Å²) in [6.07, 6.45) is 0. The van der Waals surface area contributed by atoms with Crippen molar-refractivity contribution in [3.05, 3.63) is 58.4 Å². The summed E-state index contributed by atoms with van der Waals surface area (Å²) in [5.74, 6) is -0.684. The summed E-state index contributed by atoms with van der Waals surface area (Å²) >= 11 is 0. The van der Waals surface area contributed by atoms with E-state index in [1.807, 2.05) is 0 Å². The SMILES string of the molecule is COc1cccc(NC(=O)CNc2ccc(F)c([N+](=O)[O-])c2)c1. The van der Waals surface area contributed by atoms with Crippen LogP contribution < -0.4 is 15.4 Å². The van der Waals surface area contributed by atoms with E-state index < -0.39 is 16.4 Å². The smallest absolute Gasteiger partial charge is 0.306 e. The molecule has 1 amide bonds. The number of nitrogens with one attached hydrogen (secondary N) is 2. The van der Waals surface area contributed by atoms with Crippen molar-refractivity contribution in [1.29, 1.82) is 0 Å². The quantitative estimate of drug-likeness (QED) is 0.631. The van der Waals surface area contributed by atoms with Gasteiger partial charge in [-0.15, -0.1) is 0 Å². The minimum atomic E-state index is -0.929. The third-order valence-corrected chi connectivity index (χ3v) is 2.95. The fourth-order valence-electron chi connectivity index (χ4n) is 1.85. The number of nitrogens with zero attached hydrogens (tertiary/aromatic N) is 1. The number of methoxy groups -OCH3 is 1. The summed E-state index contributed by atoms with van der Waals surface area (Å²) in [5.41, 5.74) is 0.184. The first-order chi connectivity index (χ1) is 11.0. The summed E-state index contributed by atoms with van der Waals surface area (Å²) in [6.45, 7) is -0.125. The number of nitro benzene ring substituents is 1. The Morgan fingerprint density at radius 1 is 1.26 bits per heavy atom. The van der Waals surface area contributed by atoms with E-state index in [0.717, 1.165) is 12.1 Å². The van der Waals surface area contributed by atoms with Crippen LogP contribution in [0.4, 0.5) is 21.5 Å². The van der Waals surface area contributed by atoms with E-state index in [0.29, 0.717) is 11.4 Å². The van der Waals surface area contributed by atoms with Gasteiger partial charge in [0.2, 0.25) is 11.7 Å². The lowest BCUT2D eigenvalue weighted by Crippen LogP contribution is -2.21. The van der Waals surface area contributed by atoms with E-state index in [2.05, 4.69) is 10.6 Å². The molecule has 120 valence electrons. The number of anilines is 2. The van der Waals surface area contributed by atoms with Gasteiger partial charge in [-0.3, -0.25) is 14.9 Å². The second-order valence-electron chi connectivity index (χ2n) is 4.56. The highest BCUT2D eigenvalue weighted by Crippen LogP contribution is 2.21. The first-order valence-electron chi connectivity index (χ1n) is 6.61. The first kappa shape index (κ1) is 16.2. The van der Waals surface area contributed by atoms with E-state index in [-0.39, 0.29) is 18.1 Å². The Balaban J connectivity index is 1.96. The highest BCUT2D eigenvalue weighted by molar-refractivity contribution is 5.93. The molecule has 0 heterocycles. The molecule has 2 aromatic carbocycles. The Morgan fingerprint density at radius 2 is 2.04 bits per heavy atom. The van der Waals surface area contributed by atoms with E-state index in [1.54, 1.807) is 24.3 Å². The van der Waals surface area contributed by atoms with Gasteiger partial charge in [0.15, 0.2) is 0 Å². The molecule has 0 saturated carbocycles. The Kier molecular flexibility index (Phi) is 5.08. The van der Waals surface area contributed by atoms with Gasteiger partial charge in [-0.05, 0) is 24.3 Å². The Hall–Kier alpha value is -3.16. The van der Waals surface area contributed by atoms with E-state index in [1.165, 1.54) is 13.2 Å². The van der Waals surface area contributed by atoms with Crippen LogP contribution in [0.2, 0.25) is 0 Å². The number of carbonyl (C=O) groups is 1.